The minimum absolute atomic E-state index is 0.0907. The maximum atomic E-state index is 13.4. The second-order valence-electron chi connectivity index (χ2n) is 7.51. The molecule has 3 heterocycles. The van der Waals surface area contributed by atoms with Crippen LogP contribution < -0.4 is 0 Å². The van der Waals surface area contributed by atoms with Crippen LogP contribution in [0.1, 0.15) is 24.5 Å². The fourth-order valence-electron chi connectivity index (χ4n) is 4.17. The van der Waals surface area contributed by atoms with Gasteiger partial charge in [0.1, 0.15) is 12.4 Å². The number of piperidine rings is 1. The number of hydrogen-bond donors (Lipinski definition) is 0. The molecule has 29 heavy (non-hydrogen) atoms. The summed E-state index contributed by atoms with van der Waals surface area (Å²) >= 11 is 6.10. The van der Waals surface area contributed by atoms with Gasteiger partial charge in [0.05, 0.1) is 5.69 Å². The predicted molar refractivity (Wildman–Crippen MR) is 109 cm³/mol. The highest BCUT2D eigenvalue weighted by atomic mass is 35.5. The lowest BCUT2D eigenvalue weighted by Gasteiger charge is -2.31. The highest BCUT2D eigenvalue weighted by molar-refractivity contribution is 6.31. The molecule has 1 aliphatic heterocycles. The Morgan fingerprint density at radius 2 is 2.00 bits per heavy atom. The summed E-state index contributed by atoms with van der Waals surface area (Å²) < 4.78 is 20.6. The molecule has 1 saturated heterocycles. The van der Waals surface area contributed by atoms with Crippen molar-refractivity contribution in [2.45, 2.75) is 25.3 Å². The maximum absolute atomic E-state index is 13.4. The zero-order valence-corrected chi connectivity index (χ0v) is 16.4. The van der Waals surface area contributed by atoms with Crippen molar-refractivity contribution in [1.82, 2.24) is 14.6 Å². The Bertz CT molecular complexity index is 1210. The zero-order chi connectivity index (χ0) is 20.0. The van der Waals surface area contributed by atoms with E-state index >= 15 is 0 Å². The van der Waals surface area contributed by atoms with Gasteiger partial charge in [-0.2, -0.15) is 0 Å². The monoisotopic (exact) mass is 411 g/mol. The number of likely N-dealkylation sites (tertiary alicyclic amines) is 1. The molecule has 4 aromatic rings. The van der Waals surface area contributed by atoms with E-state index in [1.165, 1.54) is 12.1 Å². The van der Waals surface area contributed by atoms with Crippen LogP contribution in [0.25, 0.3) is 21.9 Å². The van der Waals surface area contributed by atoms with Crippen molar-refractivity contribution in [1.29, 1.82) is 0 Å². The van der Waals surface area contributed by atoms with Gasteiger partial charge >= 0.3 is 0 Å². The van der Waals surface area contributed by atoms with Crippen molar-refractivity contribution in [3.63, 3.8) is 0 Å². The average molecular weight is 412 g/mol. The highest BCUT2D eigenvalue weighted by Crippen LogP contribution is 2.33. The third-order valence-electron chi connectivity index (χ3n) is 5.74. The van der Waals surface area contributed by atoms with E-state index < -0.39 is 0 Å². The Morgan fingerprint density at radius 1 is 1.17 bits per heavy atom. The standard InChI is InChI=1S/C22H19ClFN3O2/c23-16-2-1-14-5-10-27(19(14)11-16)13-21(28)26-8-6-15(7-9-26)22-18-4-3-17(24)12-20(18)29-25-22/h1-5,10-12,15H,6-9,13H2. The van der Waals surface area contributed by atoms with E-state index in [0.29, 0.717) is 30.2 Å². The summed E-state index contributed by atoms with van der Waals surface area (Å²) in [5.41, 5.74) is 2.29. The highest BCUT2D eigenvalue weighted by Gasteiger charge is 2.27. The second-order valence-corrected chi connectivity index (χ2v) is 7.95. The molecule has 0 aliphatic carbocycles. The quantitative estimate of drug-likeness (QED) is 0.477. The summed E-state index contributed by atoms with van der Waals surface area (Å²) in [6, 6.07) is 12.2. The zero-order valence-electron chi connectivity index (χ0n) is 15.6. The van der Waals surface area contributed by atoms with Gasteiger partial charge in [-0.3, -0.25) is 4.79 Å². The largest absolute Gasteiger partial charge is 0.356 e. The van der Waals surface area contributed by atoms with Crippen molar-refractivity contribution < 1.29 is 13.7 Å². The number of hydrogen-bond acceptors (Lipinski definition) is 3. The van der Waals surface area contributed by atoms with Crippen LogP contribution in [0.4, 0.5) is 4.39 Å². The van der Waals surface area contributed by atoms with Gasteiger partial charge < -0.3 is 14.0 Å². The molecule has 0 radical (unpaired) electrons. The molecule has 1 amide bonds. The molecular formula is C22H19ClFN3O2. The lowest BCUT2D eigenvalue weighted by Crippen LogP contribution is -2.39. The Hall–Kier alpha value is -2.86. The molecule has 5 nitrogen and oxygen atoms in total. The first kappa shape index (κ1) is 18.2. The third-order valence-corrected chi connectivity index (χ3v) is 5.97. The van der Waals surface area contributed by atoms with Gasteiger partial charge in [-0.1, -0.05) is 22.8 Å². The van der Waals surface area contributed by atoms with Crippen LogP contribution in [0.5, 0.6) is 0 Å². The Morgan fingerprint density at radius 3 is 2.83 bits per heavy atom. The van der Waals surface area contributed by atoms with Gasteiger partial charge in [0, 0.05) is 47.2 Å². The Labute approximate surface area is 171 Å². The van der Waals surface area contributed by atoms with Crippen LogP contribution in [0.3, 0.4) is 0 Å². The SMILES string of the molecule is O=C(Cn1ccc2ccc(Cl)cc21)N1CCC(c2noc3cc(F)ccc23)CC1. The van der Waals surface area contributed by atoms with Crippen molar-refractivity contribution in [3.8, 4) is 0 Å². The van der Waals surface area contributed by atoms with Crippen molar-refractivity contribution in [2.24, 2.45) is 0 Å². The van der Waals surface area contributed by atoms with E-state index in [9.17, 15) is 9.18 Å². The van der Waals surface area contributed by atoms with E-state index in [1.54, 1.807) is 6.07 Å². The van der Waals surface area contributed by atoms with Crippen molar-refractivity contribution in [3.05, 3.63) is 65.2 Å². The molecule has 0 spiro atoms. The molecular weight excluding hydrogens is 393 g/mol. The number of fused-ring (bicyclic) bond motifs is 2. The Kier molecular flexibility index (Phi) is 4.51. The van der Waals surface area contributed by atoms with E-state index in [-0.39, 0.29) is 17.6 Å². The van der Waals surface area contributed by atoms with Gasteiger partial charge in [-0.25, -0.2) is 4.39 Å². The molecule has 7 heteroatoms. The number of halogens is 2. The second kappa shape index (κ2) is 7.19. The fourth-order valence-corrected chi connectivity index (χ4v) is 4.33. The molecule has 0 atom stereocenters. The molecule has 0 saturated carbocycles. The van der Waals surface area contributed by atoms with Crippen LogP contribution in [0.15, 0.2) is 53.2 Å². The number of amides is 1. The van der Waals surface area contributed by atoms with Gasteiger partial charge in [0.25, 0.3) is 0 Å². The van der Waals surface area contributed by atoms with Crippen molar-refractivity contribution in [2.75, 3.05) is 13.1 Å². The summed E-state index contributed by atoms with van der Waals surface area (Å²) in [4.78, 5) is 14.7. The molecule has 5 rings (SSSR count). The molecule has 2 aromatic carbocycles. The predicted octanol–water partition coefficient (Wildman–Crippen LogP) is 4.98. The molecule has 0 N–H and O–H groups in total. The molecule has 1 fully saturated rings. The number of aromatic nitrogens is 2. The molecule has 1 aliphatic rings. The van der Waals surface area contributed by atoms with Crippen LogP contribution in [-0.2, 0) is 11.3 Å². The van der Waals surface area contributed by atoms with E-state index in [2.05, 4.69) is 5.16 Å². The Balaban J connectivity index is 1.27. The van der Waals surface area contributed by atoms with Gasteiger partial charge in [0.15, 0.2) is 5.58 Å². The summed E-state index contributed by atoms with van der Waals surface area (Å²) in [5.74, 6) is -0.0376. The summed E-state index contributed by atoms with van der Waals surface area (Å²) in [6.45, 7) is 1.62. The fraction of sp³-hybridized carbons (Fsp3) is 0.273. The molecule has 0 unspecified atom stereocenters. The lowest BCUT2D eigenvalue weighted by atomic mass is 9.91. The lowest BCUT2D eigenvalue weighted by molar-refractivity contribution is -0.132. The third kappa shape index (κ3) is 3.38. The molecule has 148 valence electrons. The normalized spacial score (nSPS) is 15.4. The van der Waals surface area contributed by atoms with Gasteiger partial charge in [-0.05, 0) is 48.6 Å². The van der Waals surface area contributed by atoms with Crippen LogP contribution in [-0.4, -0.2) is 33.6 Å². The number of carbonyl (C=O) groups excluding carboxylic acids is 1. The van der Waals surface area contributed by atoms with Crippen LogP contribution in [0.2, 0.25) is 5.02 Å². The van der Waals surface area contributed by atoms with Crippen LogP contribution in [0, 0.1) is 5.82 Å². The van der Waals surface area contributed by atoms with E-state index in [1.807, 2.05) is 39.9 Å². The number of nitrogens with zero attached hydrogens (tertiary/aromatic N) is 3. The smallest absolute Gasteiger partial charge is 0.242 e. The minimum atomic E-state index is -0.334. The summed E-state index contributed by atoms with van der Waals surface area (Å²) in [7, 11) is 0. The number of carbonyl (C=O) groups is 1. The van der Waals surface area contributed by atoms with Gasteiger partial charge in [0.2, 0.25) is 5.91 Å². The first-order valence-electron chi connectivity index (χ1n) is 9.65. The van der Waals surface area contributed by atoms with Crippen LogP contribution >= 0.6 is 11.6 Å². The van der Waals surface area contributed by atoms with E-state index in [0.717, 1.165) is 34.8 Å². The number of rotatable bonds is 3. The topological polar surface area (TPSA) is 51.3 Å². The first-order chi connectivity index (χ1) is 14.1. The summed E-state index contributed by atoms with van der Waals surface area (Å²) in [5, 5.41) is 6.75. The van der Waals surface area contributed by atoms with Crippen molar-refractivity contribution >= 4 is 39.4 Å². The molecule has 2 aromatic heterocycles. The maximum Gasteiger partial charge on any atom is 0.242 e. The number of benzene rings is 2. The summed E-state index contributed by atoms with van der Waals surface area (Å²) in [6.07, 6.45) is 3.54. The minimum Gasteiger partial charge on any atom is -0.356 e. The average Bonchev–Trinajstić information content (AvgIpc) is 3.32. The first-order valence-corrected chi connectivity index (χ1v) is 10.0. The molecule has 0 bridgehead atoms. The van der Waals surface area contributed by atoms with E-state index in [4.69, 9.17) is 16.1 Å². The van der Waals surface area contributed by atoms with Gasteiger partial charge in [-0.15, -0.1) is 0 Å².